The molecule has 0 amide bonds. The van der Waals surface area contributed by atoms with Gasteiger partial charge in [-0.3, -0.25) is 0 Å². The summed E-state index contributed by atoms with van der Waals surface area (Å²) in [6.07, 6.45) is 5.83. The SMILES string of the molecule is CCCCCNc1c[nH]c2ccc(Br)cc12. The number of unbranched alkanes of at least 4 members (excludes halogenated alkanes) is 2. The van der Waals surface area contributed by atoms with Gasteiger partial charge in [0.05, 0.1) is 5.69 Å². The normalized spacial score (nSPS) is 10.9. The zero-order chi connectivity index (χ0) is 11.4. The van der Waals surface area contributed by atoms with Crippen LogP contribution in [0.1, 0.15) is 26.2 Å². The van der Waals surface area contributed by atoms with Gasteiger partial charge in [-0.1, -0.05) is 35.7 Å². The minimum absolute atomic E-state index is 1.05. The van der Waals surface area contributed by atoms with Gasteiger partial charge in [0, 0.05) is 28.1 Å². The molecule has 0 fully saturated rings. The molecule has 0 atom stereocenters. The van der Waals surface area contributed by atoms with Crippen molar-refractivity contribution in [1.82, 2.24) is 4.98 Å². The molecule has 16 heavy (non-hydrogen) atoms. The van der Waals surface area contributed by atoms with Crippen molar-refractivity contribution < 1.29 is 0 Å². The zero-order valence-electron chi connectivity index (χ0n) is 9.52. The molecule has 1 aromatic carbocycles. The van der Waals surface area contributed by atoms with Crippen LogP contribution in [0, 0.1) is 0 Å². The number of rotatable bonds is 5. The third-order valence-corrected chi connectivity index (χ3v) is 3.23. The third kappa shape index (κ3) is 2.59. The lowest BCUT2D eigenvalue weighted by atomic mass is 10.2. The summed E-state index contributed by atoms with van der Waals surface area (Å²) in [4.78, 5) is 3.27. The summed E-state index contributed by atoms with van der Waals surface area (Å²) in [5.74, 6) is 0. The van der Waals surface area contributed by atoms with E-state index < -0.39 is 0 Å². The number of H-pyrrole nitrogens is 1. The maximum atomic E-state index is 3.50. The average Bonchev–Trinajstić information content (AvgIpc) is 2.67. The number of aromatic nitrogens is 1. The van der Waals surface area contributed by atoms with Crippen molar-refractivity contribution in [3.63, 3.8) is 0 Å². The van der Waals surface area contributed by atoms with Crippen molar-refractivity contribution >= 4 is 32.5 Å². The maximum absolute atomic E-state index is 3.50. The number of halogens is 1. The standard InChI is InChI=1S/C13H17BrN2/c1-2-3-4-7-15-13-9-16-12-6-5-10(14)8-11(12)13/h5-6,8-9,15-16H,2-4,7H2,1H3. The molecule has 0 bridgehead atoms. The van der Waals surface area contributed by atoms with E-state index in [1.807, 2.05) is 6.20 Å². The second kappa shape index (κ2) is 5.39. The van der Waals surface area contributed by atoms with Crippen molar-refractivity contribution in [1.29, 1.82) is 0 Å². The van der Waals surface area contributed by atoms with E-state index in [0.717, 1.165) is 11.0 Å². The van der Waals surface area contributed by atoms with E-state index in [-0.39, 0.29) is 0 Å². The maximum Gasteiger partial charge on any atom is 0.0598 e. The predicted molar refractivity (Wildman–Crippen MR) is 74.0 cm³/mol. The van der Waals surface area contributed by atoms with Crippen LogP contribution >= 0.6 is 15.9 Å². The molecule has 0 radical (unpaired) electrons. The Morgan fingerprint density at radius 3 is 3.00 bits per heavy atom. The summed E-state index contributed by atoms with van der Waals surface area (Å²) in [6.45, 7) is 3.27. The Hall–Kier alpha value is -0.960. The van der Waals surface area contributed by atoms with Crippen LogP contribution < -0.4 is 5.32 Å². The molecule has 0 aliphatic rings. The third-order valence-electron chi connectivity index (χ3n) is 2.74. The first-order valence-electron chi connectivity index (χ1n) is 5.82. The van der Waals surface area contributed by atoms with Gasteiger partial charge in [0.1, 0.15) is 0 Å². The van der Waals surface area contributed by atoms with Crippen LogP contribution in [0.15, 0.2) is 28.9 Å². The summed E-state index contributed by atoms with van der Waals surface area (Å²) in [5, 5.41) is 4.73. The Balaban J connectivity index is 2.09. The van der Waals surface area contributed by atoms with E-state index in [0.29, 0.717) is 0 Å². The summed E-state index contributed by atoms with van der Waals surface area (Å²) in [5.41, 5.74) is 2.38. The van der Waals surface area contributed by atoms with Gasteiger partial charge in [0.2, 0.25) is 0 Å². The number of aromatic amines is 1. The number of fused-ring (bicyclic) bond motifs is 1. The van der Waals surface area contributed by atoms with Gasteiger partial charge in [-0.25, -0.2) is 0 Å². The molecule has 1 heterocycles. The first kappa shape index (κ1) is 11.5. The van der Waals surface area contributed by atoms with Crippen LogP contribution in [0.2, 0.25) is 0 Å². The molecule has 0 aliphatic carbocycles. The summed E-state index contributed by atoms with van der Waals surface area (Å²) >= 11 is 3.50. The Morgan fingerprint density at radius 1 is 1.31 bits per heavy atom. The van der Waals surface area contributed by atoms with Gasteiger partial charge >= 0.3 is 0 Å². The largest absolute Gasteiger partial charge is 0.383 e. The van der Waals surface area contributed by atoms with E-state index in [2.05, 4.69) is 51.4 Å². The molecule has 2 nitrogen and oxygen atoms in total. The van der Waals surface area contributed by atoms with Crippen LogP contribution in [0.25, 0.3) is 10.9 Å². The van der Waals surface area contributed by atoms with Gasteiger partial charge in [-0.05, 0) is 24.6 Å². The predicted octanol–water partition coefficient (Wildman–Crippen LogP) is 4.53. The molecule has 86 valence electrons. The lowest BCUT2D eigenvalue weighted by Gasteiger charge is -2.04. The fraction of sp³-hybridized carbons (Fsp3) is 0.385. The molecule has 0 aliphatic heterocycles. The van der Waals surface area contributed by atoms with Crippen molar-refractivity contribution in [2.45, 2.75) is 26.2 Å². The lowest BCUT2D eigenvalue weighted by Crippen LogP contribution is -2.00. The van der Waals surface area contributed by atoms with Gasteiger partial charge in [-0.15, -0.1) is 0 Å². The van der Waals surface area contributed by atoms with E-state index in [1.54, 1.807) is 0 Å². The molecular weight excluding hydrogens is 264 g/mol. The van der Waals surface area contributed by atoms with Crippen LogP contribution in [-0.4, -0.2) is 11.5 Å². The molecule has 3 heteroatoms. The second-order valence-corrected chi connectivity index (χ2v) is 4.94. The Kier molecular flexibility index (Phi) is 3.88. The number of hydrogen-bond acceptors (Lipinski definition) is 1. The molecule has 0 saturated carbocycles. The Labute approximate surface area is 105 Å². The molecule has 2 N–H and O–H groups in total. The number of benzene rings is 1. The van der Waals surface area contributed by atoms with Crippen molar-refractivity contribution in [2.75, 3.05) is 11.9 Å². The monoisotopic (exact) mass is 280 g/mol. The molecule has 1 aromatic heterocycles. The first-order valence-corrected chi connectivity index (χ1v) is 6.61. The molecular formula is C13H17BrN2. The van der Waals surface area contributed by atoms with E-state index in [1.165, 1.54) is 35.9 Å². The summed E-state index contributed by atoms with van der Waals surface area (Å²) < 4.78 is 1.12. The summed E-state index contributed by atoms with van der Waals surface area (Å²) in [6, 6.07) is 6.30. The second-order valence-electron chi connectivity index (χ2n) is 4.03. The van der Waals surface area contributed by atoms with Crippen LogP contribution in [0.5, 0.6) is 0 Å². The van der Waals surface area contributed by atoms with Crippen molar-refractivity contribution in [3.05, 3.63) is 28.9 Å². The van der Waals surface area contributed by atoms with Gasteiger partial charge in [0.15, 0.2) is 0 Å². The van der Waals surface area contributed by atoms with Crippen LogP contribution in [0.3, 0.4) is 0 Å². The number of hydrogen-bond donors (Lipinski definition) is 2. The minimum Gasteiger partial charge on any atom is -0.383 e. The molecule has 2 rings (SSSR count). The summed E-state index contributed by atoms with van der Waals surface area (Å²) in [7, 11) is 0. The molecule has 0 unspecified atom stereocenters. The Morgan fingerprint density at radius 2 is 2.19 bits per heavy atom. The first-order chi connectivity index (χ1) is 7.81. The van der Waals surface area contributed by atoms with Crippen molar-refractivity contribution in [2.24, 2.45) is 0 Å². The number of anilines is 1. The topological polar surface area (TPSA) is 27.8 Å². The minimum atomic E-state index is 1.05. The highest BCUT2D eigenvalue weighted by Gasteiger charge is 2.02. The highest BCUT2D eigenvalue weighted by molar-refractivity contribution is 9.10. The number of nitrogens with one attached hydrogen (secondary N) is 2. The van der Waals surface area contributed by atoms with Crippen molar-refractivity contribution in [3.8, 4) is 0 Å². The molecule has 0 saturated heterocycles. The van der Waals surface area contributed by atoms with Crippen LogP contribution in [0.4, 0.5) is 5.69 Å². The Bertz CT molecular complexity index is 462. The smallest absolute Gasteiger partial charge is 0.0598 e. The fourth-order valence-corrected chi connectivity index (χ4v) is 2.20. The van der Waals surface area contributed by atoms with Crippen LogP contribution in [-0.2, 0) is 0 Å². The molecule has 0 spiro atoms. The fourth-order valence-electron chi connectivity index (χ4n) is 1.84. The van der Waals surface area contributed by atoms with E-state index in [9.17, 15) is 0 Å². The highest BCUT2D eigenvalue weighted by Crippen LogP contribution is 2.26. The van der Waals surface area contributed by atoms with E-state index >= 15 is 0 Å². The highest BCUT2D eigenvalue weighted by atomic mass is 79.9. The molecule has 2 aromatic rings. The van der Waals surface area contributed by atoms with Gasteiger partial charge in [0.25, 0.3) is 0 Å². The van der Waals surface area contributed by atoms with Gasteiger partial charge < -0.3 is 10.3 Å². The average molecular weight is 281 g/mol. The zero-order valence-corrected chi connectivity index (χ0v) is 11.1. The van der Waals surface area contributed by atoms with Gasteiger partial charge in [-0.2, -0.15) is 0 Å². The van der Waals surface area contributed by atoms with E-state index in [4.69, 9.17) is 0 Å². The lowest BCUT2D eigenvalue weighted by molar-refractivity contribution is 0.744. The quantitative estimate of drug-likeness (QED) is 0.774.